The van der Waals surface area contributed by atoms with Crippen LogP contribution in [0.15, 0.2) is 0 Å². The summed E-state index contributed by atoms with van der Waals surface area (Å²) in [6.07, 6.45) is -1.90. The molecule has 6 fully saturated rings. The lowest BCUT2D eigenvalue weighted by Gasteiger charge is -2.64. The van der Waals surface area contributed by atoms with E-state index in [1.54, 1.807) is 13.8 Å². The number of aliphatic hydroxyl groups is 8. The third kappa shape index (κ3) is 4.78. The summed E-state index contributed by atoms with van der Waals surface area (Å²) >= 11 is 0. The van der Waals surface area contributed by atoms with Crippen molar-refractivity contribution in [3.8, 4) is 0 Å². The number of ether oxygens (including phenoxy) is 2. The van der Waals surface area contributed by atoms with E-state index < -0.39 is 67.3 Å². The van der Waals surface area contributed by atoms with Gasteiger partial charge in [0.25, 0.3) is 0 Å². The molecule has 0 radical (unpaired) electrons. The predicted molar refractivity (Wildman–Crippen MR) is 169 cm³/mol. The molecule has 1 saturated heterocycles. The van der Waals surface area contributed by atoms with Gasteiger partial charge in [0.1, 0.15) is 24.4 Å². The minimum atomic E-state index is -1.53. The summed E-state index contributed by atoms with van der Waals surface area (Å²) in [6.45, 7) is 13.8. The quantitative estimate of drug-likeness (QED) is 0.193. The fraction of sp³-hybridized carbons (Fsp3) is 1.00. The number of hydrogen-bond donors (Lipinski definition) is 8. The molecule has 0 bridgehead atoms. The maximum absolute atomic E-state index is 12.0. The van der Waals surface area contributed by atoms with E-state index in [2.05, 4.69) is 34.6 Å². The van der Waals surface area contributed by atoms with Crippen molar-refractivity contribution in [1.82, 2.24) is 0 Å². The third-order valence-corrected chi connectivity index (χ3v) is 15.6. The summed E-state index contributed by atoms with van der Waals surface area (Å²) in [5.74, 6) is 0.320. The van der Waals surface area contributed by atoms with Gasteiger partial charge >= 0.3 is 0 Å². The van der Waals surface area contributed by atoms with Crippen LogP contribution in [0.2, 0.25) is 0 Å². The average molecular weight is 655 g/mol. The molecule has 6 rings (SSSR count). The summed E-state index contributed by atoms with van der Waals surface area (Å²) in [7, 11) is 0. The number of rotatable bonds is 8. The molecular weight excluding hydrogens is 592 g/mol. The highest BCUT2D eigenvalue weighted by molar-refractivity contribution is 5.32. The molecule has 1 aliphatic heterocycles. The predicted octanol–water partition coefficient (Wildman–Crippen LogP) is 2.10. The van der Waals surface area contributed by atoms with Crippen LogP contribution >= 0.6 is 0 Å². The number of aliphatic hydroxyl groups excluding tert-OH is 7. The summed E-state index contributed by atoms with van der Waals surface area (Å²) in [5, 5.41) is 86.0. The maximum atomic E-state index is 12.0. The second-order valence-electron chi connectivity index (χ2n) is 18.4. The van der Waals surface area contributed by atoms with Gasteiger partial charge in [0.05, 0.1) is 36.6 Å². The Morgan fingerprint density at radius 2 is 1.57 bits per heavy atom. The number of fused-ring (bicyclic) bond motifs is 2. The summed E-state index contributed by atoms with van der Waals surface area (Å²) < 4.78 is 12.6. The molecule has 10 heteroatoms. The van der Waals surface area contributed by atoms with Crippen LogP contribution in [0.3, 0.4) is 0 Å². The van der Waals surface area contributed by atoms with Gasteiger partial charge in [-0.1, -0.05) is 34.6 Å². The Morgan fingerprint density at radius 1 is 0.891 bits per heavy atom. The van der Waals surface area contributed by atoms with E-state index in [1.807, 2.05) is 0 Å². The van der Waals surface area contributed by atoms with Gasteiger partial charge in [0.2, 0.25) is 0 Å². The van der Waals surface area contributed by atoms with E-state index in [-0.39, 0.29) is 50.7 Å². The SMILES string of the molecule is C[C@H](CC[C@@H](O)C(C)(C)O)[C@H]1[C@@H](O[C@@H]2O[C@H](CO)[C@@H](O)[C@H](O)[C@H]2O)C[C@@]2(C)[C@@H]3C[C@H](O)C4C(C)(C)[C@@H](O)CC[C@@]45C[C@@]35CC[C@]12C. The minimum Gasteiger partial charge on any atom is -0.394 e. The van der Waals surface area contributed by atoms with Crippen molar-refractivity contribution in [2.45, 2.75) is 167 Å². The van der Waals surface area contributed by atoms with Crippen LogP contribution in [0.4, 0.5) is 0 Å². The third-order valence-electron chi connectivity index (χ3n) is 15.6. The standard InChI is InChI=1S/C36H62O10/c1-18(8-9-24(40)32(4,5)44)25-20(45-30-28(43)27(42)26(41)21(16-37)46-30)15-34(7)22-14-19(38)29-31(2,3)23(39)10-11-36(29)17-35(22,36)13-12-33(25,34)6/h18-30,37-44H,8-17H2,1-7H3/t18-,19+,20+,21-,22+,23+,24-,25+,26-,27+,28-,29?,30-,33-,34+,35+,36-/m1/s1. The molecule has 0 aromatic heterocycles. The Morgan fingerprint density at radius 3 is 2.20 bits per heavy atom. The second kappa shape index (κ2) is 11.3. The molecule has 8 N–H and O–H groups in total. The monoisotopic (exact) mass is 654 g/mol. The number of hydrogen-bond acceptors (Lipinski definition) is 10. The highest BCUT2D eigenvalue weighted by Crippen LogP contribution is 2.89. The molecule has 1 heterocycles. The Labute approximate surface area is 274 Å². The van der Waals surface area contributed by atoms with Crippen molar-refractivity contribution < 1.29 is 50.3 Å². The average Bonchev–Trinajstić information content (AvgIpc) is 3.56. The molecule has 5 saturated carbocycles. The van der Waals surface area contributed by atoms with Crippen LogP contribution in [-0.4, -0.2) is 108 Å². The molecule has 6 aliphatic rings. The molecule has 2 spiro atoms. The van der Waals surface area contributed by atoms with Crippen LogP contribution in [0, 0.1) is 50.7 Å². The molecule has 1 unspecified atom stereocenters. The van der Waals surface area contributed by atoms with E-state index in [1.165, 1.54) is 0 Å². The van der Waals surface area contributed by atoms with Gasteiger partial charge < -0.3 is 50.3 Å². The van der Waals surface area contributed by atoms with Gasteiger partial charge in [-0.25, -0.2) is 0 Å². The van der Waals surface area contributed by atoms with Crippen molar-refractivity contribution in [2.24, 2.45) is 50.7 Å². The fourth-order valence-electron chi connectivity index (χ4n) is 12.9. The van der Waals surface area contributed by atoms with Gasteiger partial charge in [0.15, 0.2) is 6.29 Å². The highest BCUT2D eigenvalue weighted by atomic mass is 16.7. The van der Waals surface area contributed by atoms with E-state index in [9.17, 15) is 40.9 Å². The molecule has 46 heavy (non-hydrogen) atoms. The highest BCUT2D eigenvalue weighted by Gasteiger charge is 2.84. The zero-order valence-corrected chi connectivity index (χ0v) is 29.0. The lowest BCUT2D eigenvalue weighted by atomic mass is 9.41. The lowest BCUT2D eigenvalue weighted by Crippen LogP contribution is -2.61. The first kappa shape index (κ1) is 35.4. The van der Waals surface area contributed by atoms with Gasteiger partial charge in [-0.05, 0) is 122 Å². The Kier molecular flexibility index (Phi) is 8.71. The van der Waals surface area contributed by atoms with Crippen molar-refractivity contribution >= 4 is 0 Å². The Bertz CT molecular complexity index is 1140. The molecule has 266 valence electrons. The van der Waals surface area contributed by atoms with Gasteiger partial charge in [0, 0.05) is 0 Å². The van der Waals surface area contributed by atoms with Crippen molar-refractivity contribution in [2.75, 3.05) is 6.61 Å². The lowest BCUT2D eigenvalue weighted by molar-refractivity contribution is -0.315. The molecular formula is C36H62O10. The van der Waals surface area contributed by atoms with Crippen LogP contribution in [-0.2, 0) is 9.47 Å². The second-order valence-corrected chi connectivity index (χ2v) is 18.4. The summed E-state index contributed by atoms with van der Waals surface area (Å²) in [6, 6.07) is 0. The van der Waals surface area contributed by atoms with Gasteiger partial charge in [-0.3, -0.25) is 0 Å². The van der Waals surface area contributed by atoms with E-state index in [0.717, 1.165) is 32.1 Å². The van der Waals surface area contributed by atoms with Crippen LogP contribution in [0.25, 0.3) is 0 Å². The molecule has 10 nitrogen and oxygen atoms in total. The fourth-order valence-corrected chi connectivity index (χ4v) is 12.9. The zero-order valence-electron chi connectivity index (χ0n) is 29.0. The van der Waals surface area contributed by atoms with Crippen LogP contribution in [0.5, 0.6) is 0 Å². The van der Waals surface area contributed by atoms with Crippen molar-refractivity contribution in [1.29, 1.82) is 0 Å². The minimum absolute atomic E-state index is 0.0105. The van der Waals surface area contributed by atoms with Crippen LogP contribution in [0.1, 0.15) is 106 Å². The van der Waals surface area contributed by atoms with E-state index >= 15 is 0 Å². The largest absolute Gasteiger partial charge is 0.394 e. The Hall–Kier alpha value is -0.400. The zero-order chi connectivity index (χ0) is 34.0. The van der Waals surface area contributed by atoms with E-state index in [4.69, 9.17) is 9.47 Å². The maximum Gasteiger partial charge on any atom is 0.186 e. The normalized spacial score (nSPS) is 54.2. The topological polar surface area (TPSA) is 180 Å². The van der Waals surface area contributed by atoms with E-state index in [0.29, 0.717) is 25.7 Å². The van der Waals surface area contributed by atoms with Crippen LogP contribution < -0.4 is 0 Å². The van der Waals surface area contributed by atoms with Crippen molar-refractivity contribution in [3.05, 3.63) is 0 Å². The molecule has 0 amide bonds. The Balaban J connectivity index is 1.34. The first-order valence-electron chi connectivity index (χ1n) is 17.9. The first-order valence-corrected chi connectivity index (χ1v) is 17.9. The first-order chi connectivity index (χ1) is 21.2. The van der Waals surface area contributed by atoms with Gasteiger partial charge in [-0.2, -0.15) is 0 Å². The molecule has 0 aromatic carbocycles. The smallest absolute Gasteiger partial charge is 0.186 e. The summed E-state index contributed by atoms with van der Waals surface area (Å²) in [5.41, 5.74) is -1.96. The molecule has 5 aliphatic carbocycles. The summed E-state index contributed by atoms with van der Waals surface area (Å²) in [4.78, 5) is 0. The van der Waals surface area contributed by atoms with Gasteiger partial charge in [-0.15, -0.1) is 0 Å². The molecule has 17 atom stereocenters. The molecule has 0 aromatic rings. The van der Waals surface area contributed by atoms with Crippen molar-refractivity contribution in [3.63, 3.8) is 0 Å².